The van der Waals surface area contributed by atoms with Gasteiger partial charge in [-0.1, -0.05) is 0 Å². The first-order chi connectivity index (χ1) is 5.21. The normalized spacial score (nSPS) is 52.7. The summed E-state index contributed by atoms with van der Waals surface area (Å²) in [5, 5.41) is 0. The number of carbonyl (C=O) groups excluding carboxylic acids is 2. The third kappa shape index (κ3) is 0.381. The van der Waals surface area contributed by atoms with Crippen molar-refractivity contribution < 1.29 is 9.59 Å². The Kier molecular flexibility index (Phi) is 0.701. The van der Waals surface area contributed by atoms with E-state index in [1.165, 1.54) is 0 Å². The molecular formula is C9H10O2. The van der Waals surface area contributed by atoms with Gasteiger partial charge in [-0.3, -0.25) is 9.59 Å². The Morgan fingerprint density at radius 3 is 1.91 bits per heavy atom. The molecule has 3 saturated carbocycles. The van der Waals surface area contributed by atoms with E-state index in [4.69, 9.17) is 0 Å². The predicted octanol–water partition coefficient (Wildman–Crippen LogP) is 1.09. The average molecular weight is 150 g/mol. The number of hydrogen-bond donors (Lipinski definition) is 0. The minimum absolute atomic E-state index is 0.196. The molecule has 0 saturated heterocycles. The molecule has 0 aromatic heterocycles. The molecule has 0 heterocycles. The number of rotatable bonds is 0. The molecule has 3 aliphatic carbocycles. The van der Waals surface area contributed by atoms with Crippen LogP contribution in [-0.2, 0) is 9.59 Å². The maximum Gasteiger partial charge on any atom is 0.147 e. The summed E-state index contributed by atoms with van der Waals surface area (Å²) in [6, 6.07) is 0. The van der Waals surface area contributed by atoms with Crippen molar-refractivity contribution in [3.63, 3.8) is 0 Å². The molecule has 3 rings (SSSR count). The highest BCUT2D eigenvalue weighted by molar-refractivity contribution is 6.15. The molecule has 0 aromatic rings. The van der Waals surface area contributed by atoms with E-state index >= 15 is 0 Å². The topological polar surface area (TPSA) is 34.1 Å². The Labute approximate surface area is 65.0 Å². The van der Waals surface area contributed by atoms with Crippen molar-refractivity contribution in [3.05, 3.63) is 0 Å². The maximum absolute atomic E-state index is 11.4. The first-order valence-electron chi connectivity index (χ1n) is 4.28. The molecule has 0 amide bonds. The van der Waals surface area contributed by atoms with E-state index in [1.54, 1.807) is 0 Å². The van der Waals surface area contributed by atoms with Crippen molar-refractivity contribution in [1.29, 1.82) is 0 Å². The highest BCUT2D eigenvalue weighted by Crippen LogP contribution is 2.77. The van der Waals surface area contributed by atoms with Gasteiger partial charge in [0.2, 0.25) is 0 Å². The Balaban J connectivity index is 2.17. The Morgan fingerprint density at radius 1 is 1.00 bits per heavy atom. The van der Waals surface area contributed by atoms with Crippen LogP contribution in [0, 0.1) is 10.8 Å². The van der Waals surface area contributed by atoms with Crippen LogP contribution in [0.1, 0.15) is 32.1 Å². The minimum Gasteiger partial charge on any atom is -0.299 e. The number of Topliss-reactive ketones (excluding diaryl/α,β-unsaturated/α-hetero) is 2. The van der Waals surface area contributed by atoms with Gasteiger partial charge in [-0.05, 0) is 24.7 Å². The molecule has 3 aliphatic rings. The summed E-state index contributed by atoms with van der Waals surface area (Å²) in [4.78, 5) is 22.8. The first-order valence-corrected chi connectivity index (χ1v) is 4.28. The summed E-state index contributed by atoms with van der Waals surface area (Å²) < 4.78 is 0. The quantitative estimate of drug-likeness (QED) is 0.484. The van der Waals surface area contributed by atoms with Crippen LogP contribution in [0.5, 0.6) is 0 Å². The smallest absolute Gasteiger partial charge is 0.147 e. The molecule has 0 atom stereocenters. The van der Waals surface area contributed by atoms with E-state index in [9.17, 15) is 9.59 Å². The zero-order valence-corrected chi connectivity index (χ0v) is 6.35. The van der Waals surface area contributed by atoms with Crippen LogP contribution in [0.4, 0.5) is 0 Å². The first kappa shape index (κ1) is 5.92. The third-order valence-corrected chi connectivity index (χ3v) is 4.00. The second-order valence-corrected chi connectivity index (χ2v) is 4.21. The van der Waals surface area contributed by atoms with Gasteiger partial charge in [0.1, 0.15) is 11.6 Å². The summed E-state index contributed by atoms with van der Waals surface area (Å²) in [5.74, 6) is 0.500. The monoisotopic (exact) mass is 150 g/mol. The standard InChI is InChI=1S/C9H10O2/c10-6-1-3-8-4-2-7(11)9(6,8)5-8/h1-5H2. The molecule has 2 nitrogen and oxygen atoms in total. The molecule has 0 N–H and O–H groups in total. The zero-order valence-electron chi connectivity index (χ0n) is 6.35. The third-order valence-electron chi connectivity index (χ3n) is 4.00. The van der Waals surface area contributed by atoms with E-state index in [0.29, 0.717) is 12.8 Å². The maximum atomic E-state index is 11.4. The van der Waals surface area contributed by atoms with Crippen molar-refractivity contribution >= 4 is 11.6 Å². The lowest BCUT2D eigenvalue weighted by Gasteiger charge is -2.03. The molecule has 0 bridgehead atoms. The number of hydrogen-bond acceptors (Lipinski definition) is 2. The Morgan fingerprint density at radius 2 is 1.55 bits per heavy atom. The van der Waals surface area contributed by atoms with Crippen molar-refractivity contribution in [2.45, 2.75) is 32.1 Å². The van der Waals surface area contributed by atoms with Crippen molar-refractivity contribution in [3.8, 4) is 0 Å². The van der Waals surface area contributed by atoms with E-state index in [-0.39, 0.29) is 17.0 Å². The van der Waals surface area contributed by atoms with Gasteiger partial charge in [0.25, 0.3) is 0 Å². The second-order valence-electron chi connectivity index (χ2n) is 4.21. The largest absolute Gasteiger partial charge is 0.299 e. The second kappa shape index (κ2) is 1.30. The number of ketones is 2. The molecule has 0 aliphatic heterocycles. The van der Waals surface area contributed by atoms with Crippen LogP contribution in [0.25, 0.3) is 0 Å². The predicted molar refractivity (Wildman–Crippen MR) is 38.0 cm³/mol. The summed E-state index contributed by atoms with van der Waals surface area (Å²) >= 11 is 0. The Bertz CT molecular complexity index is 257. The average Bonchev–Trinajstić information content (AvgIpc) is 2.52. The van der Waals surface area contributed by atoms with Gasteiger partial charge in [0, 0.05) is 12.8 Å². The molecule has 58 valence electrons. The molecular weight excluding hydrogens is 140 g/mol. The van der Waals surface area contributed by atoms with Gasteiger partial charge in [-0.2, -0.15) is 0 Å². The molecule has 2 heteroatoms. The van der Waals surface area contributed by atoms with E-state index < -0.39 is 5.41 Å². The van der Waals surface area contributed by atoms with Crippen LogP contribution >= 0.6 is 0 Å². The van der Waals surface area contributed by atoms with E-state index in [0.717, 1.165) is 19.3 Å². The van der Waals surface area contributed by atoms with Crippen molar-refractivity contribution in [1.82, 2.24) is 0 Å². The van der Waals surface area contributed by atoms with Gasteiger partial charge in [-0.15, -0.1) is 0 Å². The lowest BCUT2D eigenvalue weighted by Crippen LogP contribution is -2.20. The summed E-state index contributed by atoms with van der Waals surface area (Å²) in [5.41, 5.74) is -0.214. The molecule has 0 radical (unpaired) electrons. The number of carbonyl (C=O) groups is 2. The summed E-state index contributed by atoms with van der Waals surface area (Å²) in [7, 11) is 0. The molecule has 11 heavy (non-hydrogen) atoms. The fourth-order valence-electron chi connectivity index (χ4n) is 3.27. The zero-order chi connectivity index (χ0) is 7.69. The van der Waals surface area contributed by atoms with Crippen LogP contribution in [0.3, 0.4) is 0 Å². The van der Waals surface area contributed by atoms with Crippen LogP contribution in [0.15, 0.2) is 0 Å². The van der Waals surface area contributed by atoms with Gasteiger partial charge in [0.15, 0.2) is 0 Å². The SMILES string of the molecule is O=C1CCC23CCC(=O)C12C3. The van der Waals surface area contributed by atoms with Gasteiger partial charge < -0.3 is 0 Å². The van der Waals surface area contributed by atoms with Crippen LogP contribution in [0.2, 0.25) is 0 Å². The van der Waals surface area contributed by atoms with E-state index in [1.807, 2.05) is 0 Å². The van der Waals surface area contributed by atoms with E-state index in [2.05, 4.69) is 0 Å². The highest BCUT2D eigenvalue weighted by atomic mass is 16.2. The Hall–Kier alpha value is -0.660. The molecule has 0 spiro atoms. The molecule has 3 fully saturated rings. The summed E-state index contributed by atoms with van der Waals surface area (Å²) in [6.45, 7) is 0. The molecule has 0 unspecified atom stereocenters. The lowest BCUT2D eigenvalue weighted by atomic mass is 9.98. The minimum atomic E-state index is -0.410. The fourth-order valence-corrected chi connectivity index (χ4v) is 3.27. The van der Waals surface area contributed by atoms with Gasteiger partial charge in [-0.25, -0.2) is 0 Å². The lowest BCUT2D eigenvalue weighted by molar-refractivity contribution is -0.132. The van der Waals surface area contributed by atoms with Gasteiger partial charge >= 0.3 is 0 Å². The van der Waals surface area contributed by atoms with Crippen LogP contribution in [-0.4, -0.2) is 11.6 Å². The van der Waals surface area contributed by atoms with Crippen molar-refractivity contribution in [2.75, 3.05) is 0 Å². The van der Waals surface area contributed by atoms with Crippen molar-refractivity contribution in [2.24, 2.45) is 10.8 Å². The molecule has 0 aromatic carbocycles. The van der Waals surface area contributed by atoms with Crippen LogP contribution < -0.4 is 0 Å². The highest BCUT2D eigenvalue weighted by Gasteiger charge is 2.80. The summed E-state index contributed by atoms with van der Waals surface area (Å²) in [6.07, 6.45) is 4.24. The fraction of sp³-hybridized carbons (Fsp3) is 0.778. The van der Waals surface area contributed by atoms with Gasteiger partial charge in [0.05, 0.1) is 5.41 Å².